The molecule has 0 spiro atoms. The maximum Gasteiger partial charge on any atom is 0.326 e. The SMILES string of the molecule is O=C(O)[C@@H]1C[C@@H](O)CN1C(=O)C1CCCCN1. The van der Waals surface area contributed by atoms with E-state index in [4.69, 9.17) is 5.11 Å². The number of carbonyl (C=O) groups excluding carboxylic acids is 1. The number of nitrogens with zero attached hydrogens (tertiary/aromatic N) is 1. The van der Waals surface area contributed by atoms with E-state index in [0.29, 0.717) is 0 Å². The van der Waals surface area contributed by atoms with Gasteiger partial charge in [0.25, 0.3) is 0 Å². The second kappa shape index (κ2) is 5.01. The molecule has 2 saturated heterocycles. The van der Waals surface area contributed by atoms with Crippen molar-refractivity contribution in [3.05, 3.63) is 0 Å². The third-order valence-corrected chi connectivity index (χ3v) is 3.46. The summed E-state index contributed by atoms with van der Waals surface area (Å²) in [6.45, 7) is 0.929. The molecular formula is C11H18N2O4. The number of aliphatic hydroxyl groups is 1. The number of β-amino-alcohol motifs (C(OH)–C–C–N with tert-alkyl or cyclic N) is 1. The number of hydrogen-bond donors (Lipinski definition) is 3. The molecule has 0 aromatic heterocycles. The Kier molecular flexibility index (Phi) is 3.63. The molecule has 0 radical (unpaired) electrons. The molecule has 1 amide bonds. The summed E-state index contributed by atoms with van der Waals surface area (Å²) in [5.74, 6) is -1.22. The van der Waals surface area contributed by atoms with Gasteiger partial charge in [0.1, 0.15) is 6.04 Å². The number of aliphatic hydroxyl groups excluding tert-OH is 1. The zero-order chi connectivity index (χ0) is 12.4. The largest absolute Gasteiger partial charge is 0.480 e. The van der Waals surface area contributed by atoms with Gasteiger partial charge in [-0.3, -0.25) is 4.79 Å². The smallest absolute Gasteiger partial charge is 0.326 e. The first-order valence-electron chi connectivity index (χ1n) is 6.04. The summed E-state index contributed by atoms with van der Waals surface area (Å²) in [6, 6.07) is -1.16. The molecule has 1 unspecified atom stereocenters. The Labute approximate surface area is 99.6 Å². The van der Waals surface area contributed by atoms with E-state index in [0.717, 1.165) is 25.8 Å². The van der Waals surface area contributed by atoms with E-state index in [1.165, 1.54) is 4.90 Å². The number of aliphatic carboxylic acids is 1. The number of likely N-dealkylation sites (tertiary alicyclic amines) is 1. The van der Waals surface area contributed by atoms with Gasteiger partial charge in [0.05, 0.1) is 12.1 Å². The molecule has 3 N–H and O–H groups in total. The molecule has 0 aromatic carbocycles. The summed E-state index contributed by atoms with van der Waals surface area (Å²) in [4.78, 5) is 24.5. The average molecular weight is 242 g/mol. The van der Waals surface area contributed by atoms with Crippen molar-refractivity contribution in [3.8, 4) is 0 Å². The van der Waals surface area contributed by atoms with E-state index in [2.05, 4.69) is 5.32 Å². The van der Waals surface area contributed by atoms with Crippen LogP contribution in [0.25, 0.3) is 0 Å². The Morgan fingerprint density at radius 2 is 2.06 bits per heavy atom. The number of piperidine rings is 1. The van der Waals surface area contributed by atoms with Crippen molar-refractivity contribution in [2.75, 3.05) is 13.1 Å². The predicted octanol–water partition coefficient (Wildman–Crippen LogP) is -0.825. The second-order valence-electron chi connectivity index (χ2n) is 4.74. The van der Waals surface area contributed by atoms with Crippen LogP contribution in [-0.4, -0.2) is 58.3 Å². The lowest BCUT2D eigenvalue weighted by Crippen LogP contribution is -2.51. The molecule has 2 aliphatic heterocycles. The number of hydrogen-bond acceptors (Lipinski definition) is 4. The minimum absolute atomic E-state index is 0.133. The van der Waals surface area contributed by atoms with Crippen LogP contribution in [0, 0.1) is 0 Å². The number of carbonyl (C=O) groups is 2. The van der Waals surface area contributed by atoms with Crippen LogP contribution in [0.15, 0.2) is 0 Å². The first-order valence-corrected chi connectivity index (χ1v) is 6.04. The van der Waals surface area contributed by atoms with Crippen molar-refractivity contribution >= 4 is 11.9 Å². The topological polar surface area (TPSA) is 89.9 Å². The molecule has 3 atom stereocenters. The van der Waals surface area contributed by atoms with Gasteiger partial charge in [0.15, 0.2) is 0 Å². The quantitative estimate of drug-likeness (QED) is 0.588. The van der Waals surface area contributed by atoms with Crippen molar-refractivity contribution in [1.82, 2.24) is 10.2 Å². The molecule has 0 bridgehead atoms. The molecule has 2 heterocycles. The third-order valence-electron chi connectivity index (χ3n) is 3.46. The van der Waals surface area contributed by atoms with Gasteiger partial charge in [-0.25, -0.2) is 4.79 Å². The summed E-state index contributed by atoms with van der Waals surface area (Å²) in [7, 11) is 0. The highest BCUT2D eigenvalue weighted by atomic mass is 16.4. The highest BCUT2D eigenvalue weighted by Gasteiger charge is 2.41. The van der Waals surface area contributed by atoms with Gasteiger partial charge in [0, 0.05) is 13.0 Å². The molecular weight excluding hydrogens is 224 g/mol. The van der Waals surface area contributed by atoms with Crippen LogP contribution in [0.3, 0.4) is 0 Å². The Hall–Kier alpha value is -1.14. The number of amides is 1. The van der Waals surface area contributed by atoms with Crippen LogP contribution in [0.4, 0.5) is 0 Å². The number of rotatable bonds is 2. The monoisotopic (exact) mass is 242 g/mol. The molecule has 0 aromatic rings. The maximum absolute atomic E-state index is 12.1. The minimum Gasteiger partial charge on any atom is -0.480 e. The Bertz CT molecular complexity index is 315. The van der Waals surface area contributed by atoms with Crippen molar-refractivity contribution in [2.24, 2.45) is 0 Å². The number of nitrogens with one attached hydrogen (secondary N) is 1. The fourth-order valence-electron chi connectivity index (χ4n) is 2.55. The summed E-state index contributed by atoms with van der Waals surface area (Å²) in [5, 5.41) is 21.6. The van der Waals surface area contributed by atoms with Crippen LogP contribution < -0.4 is 5.32 Å². The van der Waals surface area contributed by atoms with Crippen LogP contribution >= 0.6 is 0 Å². The van der Waals surface area contributed by atoms with E-state index in [1.54, 1.807) is 0 Å². The second-order valence-corrected chi connectivity index (χ2v) is 4.74. The average Bonchev–Trinajstić information content (AvgIpc) is 2.72. The van der Waals surface area contributed by atoms with E-state index in [1.807, 2.05) is 0 Å². The molecule has 17 heavy (non-hydrogen) atoms. The zero-order valence-corrected chi connectivity index (χ0v) is 9.63. The van der Waals surface area contributed by atoms with Crippen LogP contribution in [0.2, 0.25) is 0 Å². The summed E-state index contributed by atoms with van der Waals surface area (Å²) >= 11 is 0. The third kappa shape index (κ3) is 2.58. The summed E-state index contributed by atoms with van der Waals surface area (Å²) < 4.78 is 0. The van der Waals surface area contributed by atoms with Crippen LogP contribution in [0.1, 0.15) is 25.7 Å². The summed E-state index contributed by atoms with van der Waals surface area (Å²) in [5.41, 5.74) is 0. The Balaban J connectivity index is 2.04. The molecule has 2 aliphatic rings. The molecule has 96 valence electrons. The van der Waals surface area contributed by atoms with Crippen LogP contribution in [0.5, 0.6) is 0 Å². The molecule has 6 heteroatoms. The number of carboxylic acid groups (broad SMARTS) is 1. The standard InChI is InChI=1S/C11H18N2O4/c14-7-5-9(11(16)17)13(6-7)10(15)8-3-1-2-4-12-8/h7-9,12,14H,1-6H2,(H,16,17)/t7-,8?,9+/m1/s1. The highest BCUT2D eigenvalue weighted by Crippen LogP contribution is 2.21. The van der Waals surface area contributed by atoms with E-state index >= 15 is 0 Å². The minimum atomic E-state index is -1.04. The van der Waals surface area contributed by atoms with E-state index < -0.39 is 18.1 Å². The molecule has 2 fully saturated rings. The summed E-state index contributed by atoms with van der Waals surface area (Å²) in [6.07, 6.45) is 2.20. The van der Waals surface area contributed by atoms with Crippen molar-refractivity contribution in [2.45, 2.75) is 43.9 Å². The first kappa shape index (κ1) is 12.3. The normalized spacial score (nSPS) is 33.7. The lowest BCUT2D eigenvalue weighted by Gasteiger charge is -2.29. The van der Waals surface area contributed by atoms with Crippen molar-refractivity contribution in [1.29, 1.82) is 0 Å². The van der Waals surface area contributed by atoms with Gasteiger partial charge in [-0.15, -0.1) is 0 Å². The molecule has 0 aliphatic carbocycles. The lowest BCUT2D eigenvalue weighted by molar-refractivity contribution is -0.149. The Morgan fingerprint density at radius 1 is 1.29 bits per heavy atom. The van der Waals surface area contributed by atoms with Crippen molar-refractivity contribution < 1.29 is 19.8 Å². The van der Waals surface area contributed by atoms with Gasteiger partial charge in [0.2, 0.25) is 5.91 Å². The zero-order valence-electron chi connectivity index (χ0n) is 9.63. The first-order chi connectivity index (χ1) is 8.09. The highest BCUT2D eigenvalue weighted by molar-refractivity contribution is 5.87. The molecule has 0 saturated carbocycles. The lowest BCUT2D eigenvalue weighted by atomic mass is 10.0. The molecule has 2 rings (SSSR count). The maximum atomic E-state index is 12.1. The number of carboxylic acids is 1. The van der Waals surface area contributed by atoms with Gasteiger partial charge in [-0.05, 0) is 19.4 Å². The van der Waals surface area contributed by atoms with Crippen molar-refractivity contribution in [3.63, 3.8) is 0 Å². The fourth-order valence-corrected chi connectivity index (χ4v) is 2.55. The molecule has 6 nitrogen and oxygen atoms in total. The fraction of sp³-hybridized carbons (Fsp3) is 0.818. The van der Waals surface area contributed by atoms with Gasteiger partial charge < -0.3 is 20.4 Å². The van der Waals surface area contributed by atoms with Gasteiger partial charge in [-0.2, -0.15) is 0 Å². The van der Waals surface area contributed by atoms with Gasteiger partial charge >= 0.3 is 5.97 Å². The van der Waals surface area contributed by atoms with Gasteiger partial charge in [-0.1, -0.05) is 6.42 Å². The Morgan fingerprint density at radius 3 is 2.65 bits per heavy atom. The van der Waals surface area contributed by atoms with Crippen LogP contribution in [-0.2, 0) is 9.59 Å². The predicted molar refractivity (Wildman–Crippen MR) is 59.4 cm³/mol. The van der Waals surface area contributed by atoms with E-state index in [-0.39, 0.29) is 24.9 Å². The van der Waals surface area contributed by atoms with E-state index in [9.17, 15) is 14.7 Å².